The molecule has 0 spiro atoms. The molecule has 0 atom stereocenters. The van der Waals surface area contributed by atoms with Gasteiger partial charge < -0.3 is 5.11 Å². The van der Waals surface area contributed by atoms with Gasteiger partial charge in [0.2, 0.25) is 5.91 Å². The third-order valence-corrected chi connectivity index (χ3v) is 4.85. The van der Waals surface area contributed by atoms with E-state index in [-0.39, 0.29) is 17.7 Å². The van der Waals surface area contributed by atoms with Gasteiger partial charge in [0.1, 0.15) is 10.8 Å². The number of phenolic OH excluding ortho intramolecular Hbond substituents is 1. The van der Waals surface area contributed by atoms with E-state index in [1.54, 1.807) is 0 Å². The smallest absolute Gasteiger partial charge is 0.273 e. The summed E-state index contributed by atoms with van der Waals surface area (Å²) >= 11 is 7.26. The fourth-order valence-corrected chi connectivity index (χ4v) is 3.38. The molecule has 0 saturated carbocycles. The highest BCUT2D eigenvalue weighted by molar-refractivity contribution is 7.13. The number of aromatic nitrogens is 1. The van der Waals surface area contributed by atoms with Crippen molar-refractivity contribution in [2.75, 3.05) is 0 Å². The number of amides is 2. The number of hydrogen-bond donors (Lipinski definition) is 3. The van der Waals surface area contributed by atoms with Crippen LogP contribution in [-0.4, -0.2) is 21.9 Å². The van der Waals surface area contributed by atoms with Crippen LogP contribution in [0, 0.1) is 6.92 Å². The van der Waals surface area contributed by atoms with Gasteiger partial charge >= 0.3 is 0 Å². The van der Waals surface area contributed by atoms with E-state index in [1.165, 1.54) is 29.5 Å². The summed E-state index contributed by atoms with van der Waals surface area (Å²) in [4.78, 5) is 28.5. The minimum absolute atomic E-state index is 0.0180. The second-order valence-electron chi connectivity index (χ2n) is 5.85. The van der Waals surface area contributed by atoms with E-state index in [0.29, 0.717) is 10.7 Å². The average Bonchev–Trinajstić information content (AvgIpc) is 3.10. The number of aromatic hydroxyl groups is 1. The Labute approximate surface area is 164 Å². The third kappa shape index (κ3) is 4.84. The van der Waals surface area contributed by atoms with Crippen molar-refractivity contribution < 1.29 is 14.7 Å². The summed E-state index contributed by atoms with van der Waals surface area (Å²) in [6.45, 7) is 2.01. The number of thiazole rings is 1. The maximum atomic E-state index is 12.1. The number of phenols is 1. The molecular weight excluding hydrogens is 386 g/mol. The zero-order chi connectivity index (χ0) is 19.4. The first-order chi connectivity index (χ1) is 12.9. The number of carbonyl (C=O) groups excluding carboxylic acids is 2. The lowest BCUT2D eigenvalue weighted by molar-refractivity contribution is -0.121. The number of nitrogens with one attached hydrogen (secondary N) is 2. The molecule has 3 N–H and O–H groups in total. The van der Waals surface area contributed by atoms with Gasteiger partial charge in [0.25, 0.3) is 5.91 Å². The van der Waals surface area contributed by atoms with Crippen LogP contribution in [0.1, 0.15) is 21.6 Å². The molecule has 0 saturated heterocycles. The number of hydrazine groups is 1. The van der Waals surface area contributed by atoms with Crippen LogP contribution in [0.5, 0.6) is 5.75 Å². The number of halogens is 1. The molecule has 0 unspecified atom stereocenters. The Hall–Kier alpha value is -2.90. The molecular formula is C19H16ClN3O3S. The molecule has 3 rings (SSSR count). The molecule has 8 heteroatoms. The number of benzene rings is 2. The van der Waals surface area contributed by atoms with Crippen molar-refractivity contribution in [1.29, 1.82) is 0 Å². The lowest BCUT2D eigenvalue weighted by atomic mass is 10.1. The minimum Gasteiger partial charge on any atom is -0.507 e. The van der Waals surface area contributed by atoms with Gasteiger partial charge in [-0.15, -0.1) is 11.3 Å². The first-order valence-corrected chi connectivity index (χ1v) is 9.27. The van der Waals surface area contributed by atoms with E-state index in [4.69, 9.17) is 11.6 Å². The quantitative estimate of drug-likeness (QED) is 0.583. The van der Waals surface area contributed by atoms with Crippen molar-refractivity contribution in [3.63, 3.8) is 0 Å². The zero-order valence-electron chi connectivity index (χ0n) is 14.3. The lowest BCUT2D eigenvalue weighted by Gasteiger charge is -2.08. The number of aryl methyl sites for hydroxylation is 1. The number of hydrogen-bond acceptors (Lipinski definition) is 5. The molecule has 0 bridgehead atoms. The summed E-state index contributed by atoms with van der Waals surface area (Å²) in [7, 11) is 0. The first-order valence-electron chi connectivity index (χ1n) is 8.01. The van der Waals surface area contributed by atoms with Gasteiger partial charge in [-0.2, -0.15) is 0 Å². The molecule has 6 nitrogen and oxygen atoms in total. The van der Waals surface area contributed by atoms with E-state index in [0.717, 1.165) is 16.1 Å². The lowest BCUT2D eigenvalue weighted by Crippen LogP contribution is -2.42. The van der Waals surface area contributed by atoms with Gasteiger partial charge in [-0.25, -0.2) is 4.98 Å². The topological polar surface area (TPSA) is 91.3 Å². The van der Waals surface area contributed by atoms with Gasteiger partial charge in [0.15, 0.2) is 0 Å². The van der Waals surface area contributed by atoms with Crippen molar-refractivity contribution >= 4 is 34.8 Å². The molecule has 0 fully saturated rings. The van der Waals surface area contributed by atoms with E-state index in [1.807, 2.05) is 36.6 Å². The summed E-state index contributed by atoms with van der Waals surface area (Å²) < 4.78 is 0. The number of nitrogens with zero attached hydrogens (tertiary/aromatic N) is 1. The van der Waals surface area contributed by atoms with E-state index in [9.17, 15) is 14.7 Å². The van der Waals surface area contributed by atoms with Crippen LogP contribution >= 0.6 is 22.9 Å². The average molecular weight is 402 g/mol. The van der Waals surface area contributed by atoms with Crippen LogP contribution < -0.4 is 10.9 Å². The first kappa shape index (κ1) is 18.9. The summed E-state index contributed by atoms with van der Waals surface area (Å²) in [6, 6.07) is 12.0. The van der Waals surface area contributed by atoms with Crippen LogP contribution in [0.4, 0.5) is 0 Å². The van der Waals surface area contributed by atoms with Crippen molar-refractivity contribution in [2.45, 2.75) is 13.3 Å². The molecule has 2 aromatic carbocycles. The predicted octanol–water partition coefficient (Wildman–Crippen LogP) is 3.48. The van der Waals surface area contributed by atoms with Crippen LogP contribution in [0.2, 0.25) is 5.02 Å². The molecule has 0 aliphatic rings. The van der Waals surface area contributed by atoms with E-state index in [2.05, 4.69) is 15.8 Å². The van der Waals surface area contributed by atoms with Gasteiger partial charge in [-0.05, 0) is 31.2 Å². The summed E-state index contributed by atoms with van der Waals surface area (Å²) in [5.74, 6) is -1.32. The van der Waals surface area contributed by atoms with Crippen LogP contribution in [0.25, 0.3) is 10.6 Å². The molecule has 27 heavy (non-hydrogen) atoms. The van der Waals surface area contributed by atoms with Gasteiger partial charge in [0.05, 0.1) is 17.7 Å². The number of rotatable bonds is 4. The Morgan fingerprint density at radius 3 is 2.78 bits per heavy atom. The Kier molecular flexibility index (Phi) is 5.73. The van der Waals surface area contributed by atoms with Crippen molar-refractivity contribution in [2.24, 2.45) is 0 Å². The molecule has 0 aliphatic heterocycles. The maximum absolute atomic E-state index is 12.1. The highest BCUT2D eigenvalue weighted by Gasteiger charge is 2.14. The third-order valence-electron chi connectivity index (χ3n) is 3.68. The Bertz CT molecular complexity index is 1000. The molecule has 1 heterocycles. The molecule has 2 amide bonds. The molecule has 1 aromatic heterocycles. The minimum atomic E-state index is -0.665. The van der Waals surface area contributed by atoms with Gasteiger partial charge in [-0.1, -0.05) is 35.4 Å². The van der Waals surface area contributed by atoms with E-state index < -0.39 is 11.8 Å². The largest absolute Gasteiger partial charge is 0.507 e. The summed E-state index contributed by atoms with van der Waals surface area (Å²) in [5.41, 5.74) is 7.26. The van der Waals surface area contributed by atoms with Crippen molar-refractivity contribution in [1.82, 2.24) is 15.8 Å². The highest BCUT2D eigenvalue weighted by atomic mass is 35.5. The molecule has 0 radical (unpaired) electrons. The standard InChI is InChI=1S/C19H16ClN3O3S/c1-11-3-2-4-12(7-11)19-21-14(10-27-19)9-17(25)22-23-18(26)15-8-13(20)5-6-16(15)24/h2-8,10,24H,9H2,1H3,(H,22,25)(H,23,26). The Balaban J connectivity index is 1.58. The molecule has 138 valence electrons. The van der Waals surface area contributed by atoms with Gasteiger partial charge in [-0.3, -0.25) is 20.4 Å². The predicted molar refractivity (Wildman–Crippen MR) is 105 cm³/mol. The Morgan fingerprint density at radius 1 is 1.19 bits per heavy atom. The zero-order valence-corrected chi connectivity index (χ0v) is 15.9. The molecule has 3 aromatic rings. The second-order valence-corrected chi connectivity index (χ2v) is 7.15. The fraction of sp³-hybridized carbons (Fsp3) is 0.105. The van der Waals surface area contributed by atoms with Crippen molar-refractivity contribution in [3.8, 4) is 16.3 Å². The normalized spacial score (nSPS) is 10.4. The number of carbonyl (C=O) groups is 2. The van der Waals surface area contributed by atoms with Crippen LogP contribution in [0.15, 0.2) is 47.8 Å². The SMILES string of the molecule is Cc1cccc(-c2nc(CC(=O)NNC(=O)c3cc(Cl)ccc3O)cs2)c1. The monoisotopic (exact) mass is 401 g/mol. The van der Waals surface area contributed by atoms with E-state index >= 15 is 0 Å². The summed E-state index contributed by atoms with van der Waals surface area (Å²) in [5, 5.41) is 12.6. The summed E-state index contributed by atoms with van der Waals surface area (Å²) in [6.07, 6.45) is 0.0180. The molecule has 0 aliphatic carbocycles. The fourth-order valence-electron chi connectivity index (χ4n) is 2.39. The van der Waals surface area contributed by atoms with Crippen molar-refractivity contribution in [3.05, 3.63) is 69.7 Å². The van der Waals surface area contributed by atoms with Crippen LogP contribution in [-0.2, 0) is 11.2 Å². The highest BCUT2D eigenvalue weighted by Crippen LogP contribution is 2.24. The van der Waals surface area contributed by atoms with Gasteiger partial charge in [0, 0.05) is 16.0 Å². The maximum Gasteiger partial charge on any atom is 0.273 e. The Morgan fingerprint density at radius 2 is 2.00 bits per heavy atom. The second kappa shape index (κ2) is 8.20. The van der Waals surface area contributed by atoms with Crippen LogP contribution in [0.3, 0.4) is 0 Å².